The van der Waals surface area contributed by atoms with Crippen LogP contribution in [0.4, 0.5) is 0 Å². The summed E-state index contributed by atoms with van der Waals surface area (Å²) in [4.78, 5) is 0. The second-order valence-electron chi connectivity index (χ2n) is 5.71. The van der Waals surface area contributed by atoms with Crippen molar-refractivity contribution in [2.75, 3.05) is 20.3 Å². The normalized spacial score (nSPS) is 18.5. The molecule has 0 heterocycles. The molecule has 0 amide bonds. The summed E-state index contributed by atoms with van der Waals surface area (Å²) in [7, 11) is -2.00. The van der Waals surface area contributed by atoms with Crippen LogP contribution in [0.25, 0.3) is 0 Å². The number of aryl methyl sites for hydroxylation is 1. The molecule has 1 aliphatic rings. The third-order valence-electron chi connectivity index (χ3n) is 4.15. The van der Waals surface area contributed by atoms with Gasteiger partial charge < -0.3 is 0 Å². The summed E-state index contributed by atoms with van der Waals surface area (Å²) >= 11 is 0. The van der Waals surface area contributed by atoms with Crippen molar-refractivity contribution in [3.8, 4) is 0 Å². The van der Waals surface area contributed by atoms with E-state index in [-0.39, 0.29) is 0 Å². The lowest BCUT2D eigenvalue weighted by Crippen LogP contribution is -2.01. The third-order valence-corrected chi connectivity index (χ3v) is 5.67. The van der Waals surface area contributed by atoms with Crippen molar-refractivity contribution in [1.82, 2.24) is 0 Å². The monoisotopic (exact) mass is 326 g/mol. The molecule has 1 saturated carbocycles. The van der Waals surface area contributed by atoms with Crippen LogP contribution in [0.1, 0.15) is 56.1 Å². The Morgan fingerprint density at radius 1 is 1.23 bits per heavy atom. The Labute approximate surface area is 133 Å². The molecule has 1 aromatic carbocycles. The van der Waals surface area contributed by atoms with Crippen molar-refractivity contribution in [3.63, 3.8) is 0 Å². The highest BCUT2D eigenvalue weighted by molar-refractivity contribution is 7.48. The smallest absolute Gasteiger partial charge is 0.290 e. The maximum atomic E-state index is 12.0. The van der Waals surface area contributed by atoms with Crippen LogP contribution in [-0.4, -0.2) is 20.3 Å². The van der Waals surface area contributed by atoms with E-state index >= 15 is 0 Å². The van der Waals surface area contributed by atoms with Crippen LogP contribution in [0, 0.1) is 0 Å². The maximum absolute atomic E-state index is 12.0. The summed E-state index contributed by atoms with van der Waals surface area (Å²) in [6, 6.07) is 8.85. The molecule has 1 aromatic rings. The zero-order valence-corrected chi connectivity index (χ0v) is 14.5. The van der Waals surface area contributed by atoms with Crippen molar-refractivity contribution >= 4 is 7.82 Å². The Morgan fingerprint density at radius 3 is 2.68 bits per heavy atom. The molecule has 0 saturated heterocycles. The molecule has 0 aliphatic heterocycles. The highest BCUT2D eigenvalue weighted by Crippen LogP contribution is 2.48. The first-order valence-electron chi connectivity index (χ1n) is 8.20. The molecule has 2 rings (SSSR count). The molecule has 0 spiro atoms. The number of phosphoric ester groups is 1. The molecule has 1 aliphatic carbocycles. The van der Waals surface area contributed by atoms with Crippen molar-refractivity contribution in [2.24, 2.45) is 0 Å². The van der Waals surface area contributed by atoms with Gasteiger partial charge in [0.15, 0.2) is 0 Å². The fourth-order valence-corrected chi connectivity index (χ4v) is 3.97. The van der Waals surface area contributed by atoms with E-state index in [1.54, 1.807) is 6.92 Å². The maximum Gasteiger partial charge on any atom is 0.474 e. The van der Waals surface area contributed by atoms with E-state index in [1.165, 1.54) is 43.9 Å². The van der Waals surface area contributed by atoms with E-state index in [2.05, 4.69) is 24.3 Å². The van der Waals surface area contributed by atoms with Crippen molar-refractivity contribution in [3.05, 3.63) is 35.4 Å². The first-order chi connectivity index (χ1) is 10.7. The second kappa shape index (κ2) is 8.83. The Morgan fingerprint density at radius 2 is 2.00 bits per heavy atom. The molecular formula is C17H27O4P. The number of phosphoric acid groups is 1. The van der Waals surface area contributed by atoms with Crippen LogP contribution in [0.3, 0.4) is 0 Å². The second-order valence-corrected chi connectivity index (χ2v) is 7.49. The first kappa shape index (κ1) is 17.7. The Balaban J connectivity index is 1.79. The average molecular weight is 326 g/mol. The fourth-order valence-electron chi connectivity index (χ4n) is 3.02. The SMILES string of the molecule is CCOP(=O)(OC)OCCCc1cccc(C2CCCC2)c1. The standard InChI is InChI=1S/C17H27O4P/c1-3-20-22(18,19-2)21-13-7-9-15-8-6-12-17(14-15)16-10-4-5-11-16/h6,8,12,14,16H,3-5,7,9-11,13H2,1-2H3. The summed E-state index contributed by atoms with van der Waals surface area (Å²) in [5.74, 6) is 0.739. The number of benzene rings is 1. The molecule has 4 nitrogen and oxygen atoms in total. The van der Waals surface area contributed by atoms with Crippen LogP contribution in [0.2, 0.25) is 0 Å². The van der Waals surface area contributed by atoms with Gasteiger partial charge in [-0.2, -0.15) is 0 Å². The molecule has 0 radical (unpaired) electrons. The van der Waals surface area contributed by atoms with Gasteiger partial charge in [-0.1, -0.05) is 37.1 Å². The molecule has 0 N–H and O–H groups in total. The van der Waals surface area contributed by atoms with Crippen LogP contribution >= 0.6 is 7.82 Å². The fraction of sp³-hybridized carbons (Fsp3) is 0.647. The van der Waals surface area contributed by atoms with E-state index in [4.69, 9.17) is 13.6 Å². The van der Waals surface area contributed by atoms with Crippen LogP contribution in [-0.2, 0) is 24.6 Å². The van der Waals surface area contributed by atoms with Gasteiger partial charge in [-0.15, -0.1) is 0 Å². The van der Waals surface area contributed by atoms with Gasteiger partial charge in [0.25, 0.3) is 0 Å². The largest absolute Gasteiger partial charge is 0.474 e. The molecule has 5 heteroatoms. The summed E-state index contributed by atoms with van der Waals surface area (Å²) in [5.41, 5.74) is 2.78. The third kappa shape index (κ3) is 5.20. The lowest BCUT2D eigenvalue weighted by Gasteiger charge is -2.15. The van der Waals surface area contributed by atoms with E-state index in [0.717, 1.165) is 18.8 Å². The van der Waals surface area contributed by atoms with Gasteiger partial charge in [0.1, 0.15) is 0 Å². The number of rotatable bonds is 9. The predicted molar refractivity (Wildman–Crippen MR) is 88.2 cm³/mol. The molecular weight excluding hydrogens is 299 g/mol. The van der Waals surface area contributed by atoms with Crippen molar-refractivity contribution in [1.29, 1.82) is 0 Å². The number of hydrogen-bond donors (Lipinski definition) is 0. The first-order valence-corrected chi connectivity index (χ1v) is 9.66. The van der Waals surface area contributed by atoms with Gasteiger partial charge in [0.2, 0.25) is 0 Å². The van der Waals surface area contributed by atoms with Crippen molar-refractivity contribution in [2.45, 2.75) is 51.4 Å². The molecule has 1 atom stereocenters. The zero-order valence-electron chi connectivity index (χ0n) is 13.6. The zero-order chi connectivity index (χ0) is 15.8. The van der Waals surface area contributed by atoms with Crippen LogP contribution in [0.5, 0.6) is 0 Å². The Hall–Kier alpha value is -0.670. The molecule has 0 aromatic heterocycles. The highest BCUT2D eigenvalue weighted by atomic mass is 31.2. The Kier molecular flexibility index (Phi) is 7.10. The summed E-state index contributed by atoms with van der Waals surface area (Å²) in [5, 5.41) is 0. The van der Waals surface area contributed by atoms with Gasteiger partial charge >= 0.3 is 7.82 Å². The summed E-state index contributed by atoms with van der Waals surface area (Å²) in [6.45, 7) is 2.46. The van der Waals surface area contributed by atoms with Gasteiger partial charge in [-0.25, -0.2) is 4.57 Å². The summed E-state index contributed by atoms with van der Waals surface area (Å²) < 4.78 is 27.1. The van der Waals surface area contributed by atoms with E-state index in [0.29, 0.717) is 13.2 Å². The lowest BCUT2D eigenvalue weighted by molar-refractivity contribution is 0.135. The number of hydrogen-bond acceptors (Lipinski definition) is 4. The Bertz CT molecular complexity index is 497. The van der Waals surface area contributed by atoms with Gasteiger partial charge in [-0.05, 0) is 49.7 Å². The highest BCUT2D eigenvalue weighted by Gasteiger charge is 2.23. The van der Waals surface area contributed by atoms with Gasteiger partial charge in [0.05, 0.1) is 13.2 Å². The topological polar surface area (TPSA) is 44.8 Å². The van der Waals surface area contributed by atoms with Gasteiger partial charge in [0, 0.05) is 7.11 Å². The van der Waals surface area contributed by atoms with E-state index < -0.39 is 7.82 Å². The lowest BCUT2D eigenvalue weighted by atomic mass is 9.95. The predicted octanol–water partition coefficient (Wildman–Crippen LogP) is 5.08. The quantitative estimate of drug-likeness (QED) is 0.469. The molecule has 0 bridgehead atoms. The van der Waals surface area contributed by atoms with E-state index in [9.17, 15) is 4.57 Å². The minimum absolute atomic E-state index is 0.314. The summed E-state index contributed by atoms with van der Waals surface area (Å²) in [6.07, 6.45) is 7.06. The minimum atomic E-state index is -3.35. The molecule has 1 fully saturated rings. The molecule has 22 heavy (non-hydrogen) atoms. The van der Waals surface area contributed by atoms with Crippen LogP contribution in [0.15, 0.2) is 24.3 Å². The average Bonchev–Trinajstić information content (AvgIpc) is 3.07. The molecule has 1 unspecified atom stereocenters. The van der Waals surface area contributed by atoms with Crippen molar-refractivity contribution < 1.29 is 18.1 Å². The minimum Gasteiger partial charge on any atom is -0.290 e. The van der Waals surface area contributed by atoms with E-state index in [1.807, 2.05) is 0 Å². The van der Waals surface area contributed by atoms with Gasteiger partial charge in [-0.3, -0.25) is 13.6 Å². The van der Waals surface area contributed by atoms with Crippen LogP contribution < -0.4 is 0 Å². The molecule has 124 valence electrons.